The lowest BCUT2D eigenvalue weighted by Gasteiger charge is -2.41. The Hall–Kier alpha value is -1.68. The summed E-state index contributed by atoms with van der Waals surface area (Å²) in [4.78, 5) is 0. The van der Waals surface area contributed by atoms with Crippen LogP contribution >= 0.6 is 0 Å². The van der Waals surface area contributed by atoms with Gasteiger partial charge in [-0.05, 0) is 63.8 Å². The Morgan fingerprint density at radius 1 is 0.741 bits per heavy atom. The van der Waals surface area contributed by atoms with Crippen LogP contribution in [0, 0.1) is 27.7 Å². The van der Waals surface area contributed by atoms with Gasteiger partial charge in [0, 0.05) is 0 Å². The predicted octanol–water partition coefficient (Wildman–Crippen LogP) is 4.87. The second-order valence-corrected chi connectivity index (χ2v) is 8.60. The fourth-order valence-electron chi connectivity index (χ4n) is 4.30. The smallest absolute Gasteiger partial charge is 0.120 e. The third-order valence-corrected chi connectivity index (χ3v) is 6.18. The fourth-order valence-corrected chi connectivity index (χ4v) is 4.30. The number of hydrogen-bond acceptors (Lipinski definition) is 3. The first kappa shape index (κ1) is 18.7. The summed E-state index contributed by atoms with van der Waals surface area (Å²) >= 11 is 0. The molecule has 0 saturated carbocycles. The van der Waals surface area contributed by atoms with Crippen LogP contribution in [-0.4, -0.2) is 25.4 Å². The molecule has 3 heteroatoms. The normalized spacial score (nSPS) is 25.6. The standard InChI is InChI=1S/C24H30O3/c1-15-7-9-17(3)19(11-15)23(5,21-13-25-21)27-24(6,22-14-26-22)20-12-16(2)8-10-18(20)4/h7-12,21-22H,13-14H2,1-6H3. The SMILES string of the molecule is Cc1ccc(C)c(C(C)(OC(C)(c2cc(C)ccc2C)C2CO2)C2CO2)c1. The predicted molar refractivity (Wildman–Crippen MR) is 107 cm³/mol. The molecular weight excluding hydrogens is 336 g/mol. The second kappa shape index (κ2) is 6.44. The Labute approximate surface area is 162 Å². The Balaban J connectivity index is 1.81. The van der Waals surface area contributed by atoms with E-state index in [1.807, 2.05) is 0 Å². The molecule has 2 aromatic rings. The maximum atomic E-state index is 7.07. The molecule has 4 atom stereocenters. The number of rotatable bonds is 6. The van der Waals surface area contributed by atoms with Crippen LogP contribution in [0.25, 0.3) is 0 Å². The molecule has 4 unspecified atom stereocenters. The zero-order valence-corrected chi connectivity index (χ0v) is 17.3. The van der Waals surface area contributed by atoms with Gasteiger partial charge in [-0.2, -0.15) is 0 Å². The van der Waals surface area contributed by atoms with Crippen LogP contribution in [0.3, 0.4) is 0 Å². The van der Waals surface area contributed by atoms with Crippen LogP contribution in [0.5, 0.6) is 0 Å². The number of aryl methyl sites for hydroxylation is 4. The summed E-state index contributed by atoms with van der Waals surface area (Å²) in [7, 11) is 0. The highest BCUT2D eigenvalue weighted by atomic mass is 16.6. The van der Waals surface area contributed by atoms with Crippen molar-refractivity contribution < 1.29 is 14.2 Å². The van der Waals surface area contributed by atoms with Crippen molar-refractivity contribution in [2.75, 3.05) is 13.2 Å². The lowest BCUT2D eigenvalue weighted by molar-refractivity contribution is -0.172. The van der Waals surface area contributed by atoms with Gasteiger partial charge >= 0.3 is 0 Å². The molecule has 144 valence electrons. The topological polar surface area (TPSA) is 34.3 Å². The molecule has 2 aliphatic heterocycles. The highest BCUT2D eigenvalue weighted by Gasteiger charge is 2.55. The third-order valence-electron chi connectivity index (χ3n) is 6.18. The van der Waals surface area contributed by atoms with Crippen molar-refractivity contribution in [3.05, 3.63) is 69.8 Å². The van der Waals surface area contributed by atoms with E-state index in [0.717, 1.165) is 13.2 Å². The molecule has 2 heterocycles. The minimum Gasteiger partial charge on any atom is -0.370 e. The maximum absolute atomic E-state index is 7.07. The number of hydrogen-bond donors (Lipinski definition) is 0. The zero-order valence-electron chi connectivity index (χ0n) is 17.3. The molecule has 0 aliphatic carbocycles. The van der Waals surface area contributed by atoms with Crippen LogP contribution in [0.1, 0.15) is 47.2 Å². The van der Waals surface area contributed by atoms with Crippen molar-refractivity contribution in [1.29, 1.82) is 0 Å². The van der Waals surface area contributed by atoms with Gasteiger partial charge in [0.2, 0.25) is 0 Å². The molecule has 2 aromatic carbocycles. The molecule has 4 rings (SSSR count). The number of epoxide rings is 2. The molecule has 0 amide bonds. The van der Waals surface area contributed by atoms with Crippen molar-refractivity contribution in [3.63, 3.8) is 0 Å². The van der Waals surface area contributed by atoms with Crippen LogP contribution < -0.4 is 0 Å². The maximum Gasteiger partial charge on any atom is 0.120 e. The van der Waals surface area contributed by atoms with Gasteiger partial charge in [0.25, 0.3) is 0 Å². The van der Waals surface area contributed by atoms with Gasteiger partial charge in [-0.25, -0.2) is 0 Å². The van der Waals surface area contributed by atoms with E-state index in [9.17, 15) is 0 Å². The van der Waals surface area contributed by atoms with Crippen molar-refractivity contribution >= 4 is 0 Å². The average Bonchev–Trinajstić information content (AvgIpc) is 3.49. The summed E-state index contributed by atoms with van der Waals surface area (Å²) in [6.07, 6.45) is 0.141. The molecule has 0 spiro atoms. The molecule has 3 nitrogen and oxygen atoms in total. The number of ether oxygens (including phenoxy) is 3. The molecule has 27 heavy (non-hydrogen) atoms. The highest BCUT2D eigenvalue weighted by Crippen LogP contribution is 2.49. The molecule has 0 radical (unpaired) electrons. The summed E-state index contributed by atoms with van der Waals surface area (Å²) in [5.41, 5.74) is 6.32. The van der Waals surface area contributed by atoms with Crippen LogP contribution in [-0.2, 0) is 25.4 Å². The van der Waals surface area contributed by atoms with E-state index in [-0.39, 0.29) is 12.2 Å². The van der Waals surface area contributed by atoms with E-state index in [0.29, 0.717) is 0 Å². The average molecular weight is 367 g/mol. The fraction of sp³-hybridized carbons (Fsp3) is 0.500. The summed E-state index contributed by atoms with van der Waals surface area (Å²) < 4.78 is 18.7. The highest BCUT2D eigenvalue weighted by molar-refractivity contribution is 5.40. The summed E-state index contributed by atoms with van der Waals surface area (Å²) in [6, 6.07) is 13.2. The van der Waals surface area contributed by atoms with E-state index in [1.165, 1.54) is 33.4 Å². The monoisotopic (exact) mass is 366 g/mol. The first-order valence-electron chi connectivity index (χ1n) is 9.83. The molecular formula is C24H30O3. The minimum atomic E-state index is -0.521. The van der Waals surface area contributed by atoms with E-state index in [1.54, 1.807) is 0 Å². The molecule has 2 aliphatic rings. The van der Waals surface area contributed by atoms with Crippen molar-refractivity contribution in [2.45, 2.75) is 65.0 Å². The van der Waals surface area contributed by atoms with Crippen LogP contribution in [0.4, 0.5) is 0 Å². The van der Waals surface area contributed by atoms with Crippen LogP contribution in [0.2, 0.25) is 0 Å². The zero-order chi connectivity index (χ0) is 19.4. The largest absolute Gasteiger partial charge is 0.370 e. The van der Waals surface area contributed by atoms with Gasteiger partial charge in [-0.3, -0.25) is 0 Å². The van der Waals surface area contributed by atoms with Gasteiger partial charge in [0.15, 0.2) is 0 Å². The second-order valence-electron chi connectivity index (χ2n) is 8.60. The van der Waals surface area contributed by atoms with E-state index >= 15 is 0 Å². The Bertz CT molecular complexity index is 794. The summed E-state index contributed by atoms with van der Waals surface area (Å²) in [5, 5.41) is 0. The van der Waals surface area contributed by atoms with Crippen molar-refractivity contribution in [2.24, 2.45) is 0 Å². The molecule has 0 bridgehead atoms. The van der Waals surface area contributed by atoms with Gasteiger partial charge < -0.3 is 14.2 Å². The van der Waals surface area contributed by atoms with Gasteiger partial charge in [0.05, 0.1) is 13.2 Å². The van der Waals surface area contributed by atoms with E-state index in [2.05, 4.69) is 77.9 Å². The Morgan fingerprint density at radius 2 is 1.11 bits per heavy atom. The quantitative estimate of drug-likeness (QED) is 0.684. The first-order chi connectivity index (χ1) is 12.7. The van der Waals surface area contributed by atoms with Crippen molar-refractivity contribution in [1.82, 2.24) is 0 Å². The van der Waals surface area contributed by atoms with E-state index < -0.39 is 11.2 Å². The Morgan fingerprint density at radius 3 is 1.44 bits per heavy atom. The molecule has 2 fully saturated rings. The summed E-state index contributed by atoms with van der Waals surface area (Å²) in [5.74, 6) is 0. The van der Waals surface area contributed by atoms with Gasteiger partial charge in [0.1, 0.15) is 23.4 Å². The van der Waals surface area contributed by atoms with E-state index in [4.69, 9.17) is 14.2 Å². The first-order valence-corrected chi connectivity index (χ1v) is 9.83. The minimum absolute atomic E-state index is 0.0705. The summed E-state index contributed by atoms with van der Waals surface area (Å²) in [6.45, 7) is 14.4. The Kier molecular flexibility index (Phi) is 4.45. The van der Waals surface area contributed by atoms with Gasteiger partial charge in [-0.1, -0.05) is 47.5 Å². The molecule has 0 aromatic heterocycles. The van der Waals surface area contributed by atoms with Crippen molar-refractivity contribution in [3.8, 4) is 0 Å². The third kappa shape index (κ3) is 3.33. The molecule has 0 N–H and O–H groups in total. The lowest BCUT2D eigenvalue weighted by Crippen LogP contribution is -2.45. The molecule has 2 saturated heterocycles. The number of benzene rings is 2. The van der Waals surface area contributed by atoms with Crippen LogP contribution in [0.15, 0.2) is 36.4 Å². The van der Waals surface area contributed by atoms with Gasteiger partial charge in [-0.15, -0.1) is 0 Å². The lowest BCUT2D eigenvalue weighted by atomic mass is 9.83.